The predicted octanol–water partition coefficient (Wildman–Crippen LogP) is 4.46. The average Bonchev–Trinajstić information content (AvgIpc) is 2.77. The molecule has 0 aliphatic heterocycles. The molecule has 0 unspecified atom stereocenters. The van der Waals surface area contributed by atoms with Crippen LogP contribution in [0.25, 0.3) is 16.7 Å². The fourth-order valence-corrected chi connectivity index (χ4v) is 4.04. The molecule has 4 aromatic rings. The molecule has 0 amide bonds. The van der Waals surface area contributed by atoms with Crippen LogP contribution in [0.2, 0.25) is 0 Å². The number of Topliss-reactive ketones (excluding diaryl/α,β-unsaturated/α-hetero) is 1. The Morgan fingerprint density at radius 3 is 2.68 bits per heavy atom. The Morgan fingerprint density at radius 2 is 1.87 bits per heavy atom. The number of aryl methyl sites for hydroxylation is 1. The standard InChI is InChI=1S/C24H21N3O3S/c1-16-11-12-25-22(15-16)27-23(29)19-8-3-5-9-20(19)26-24(27)31-14-13-30-21-10-6-4-7-18(21)17(2)28/h3-12,15H,13-14H2,1-2H3. The van der Waals surface area contributed by atoms with Crippen LogP contribution in [0.5, 0.6) is 5.75 Å². The summed E-state index contributed by atoms with van der Waals surface area (Å²) < 4.78 is 7.38. The van der Waals surface area contributed by atoms with Gasteiger partial charge in [0.05, 0.1) is 23.1 Å². The minimum absolute atomic E-state index is 0.0428. The normalized spacial score (nSPS) is 10.9. The van der Waals surface area contributed by atoms with E-state index in [-0.39, 0.29) is 11.3 Å². The molecule has 0 N–H and O–H groups in total. The van der Waals surface area contributed by atoms with Gasteiger partial charge in [0.2, 0.25) is 0 Å². The van der Waals surface area contributed by atoms with Crippen LogP contribution in [0.4, 0.5) is 0 Å². The van der Waals surface area contributed by atoms with Crippen LogP contribution in [-0.4, -0.2) is 32.7 Å². The van der Waals surface area contributed by atoms with Crippen LogP contribution in [0.3, 0.4) is 0 Å². The van der Waals surface area contributed by atoms with Crippen molar-refractivity contribution in [3.8, 4) is 11.6 Å². The fourth-order valence-electron chi connectivity index (χ4n) is 3.22. The second-order valence-electron chi connectivity index (χ2n) is 6.99. The minimum atomic E-state index is -0.158. The smallest absolute Gasteiger partial charge is 0.267 e. The molecule has 156 valence electrons. The molecule has 0 spiro atoms. The third kappa shape index (κ3) is 4.51. The monoisotopic (exact) mass is 431 g/mol. The van der Waals surface area contributed by atoms with Crippen LogP contribution in [-0.2, 0) is 0 Å². The van der Waals surface area contributed by atoms with Crippen molar-refractivity contribution in [1.82, 2.24) is 14.5 Å². The highest BCUT2D eigenvalue weighted by Gasteiger charge is 2.14. The number of hydrogen-bond donors (Lipinski definition) is 0. The van der Waals surface area contributed by atoms with Gasteiger partial charge in [-0.1, -0.05) is 36.0 Å². The number of pyridine rings is 1. The van der Waals surface area contributed by atoms with Gasteiger partial charge in [0, 0.05) is 11.9 Å². The fraction of sp³-hybridized carbons (Fsp3) is 0.167. The molecular weight excluding hydrogens is 410 g/mol. The SMILES string of the molecule is CC(=O)c1ccccc1OCCSc1nc2ccccc2c(=O)n1-c1cc(C)ccn1. The highest BCUT2D eigenvalue weighted by Crippen LogP contribution is 2.22. The van der Waals surface area contributed by atoms with Gasteiger partial charge in [-0.05, 0) is 55.8 Å². The first-order valence-electron chi connectivity index (χ1n) is 9.85. The summed E-state index contributed by atoms with van der Waals surface area (Å²) in [5.41, 5.74) is 2.04. The van der Waals surface area contributed by atoms with Gasteiger partial charge in [-0.15, -0.1) is 0 Å². The van der Waals surface area contributed by atoms with E-state index < -0.39 is 0 Å². The van der Waals surface area contributed by atoms with E-state index in [4.69, 9.17) is 9.72 Å². The zero-order valence-electron chi connectivity index (χ0n) is 17.2. The Bertz CT molecular complexity index is 1320. The number of thioether (sulfide) groups is 1. The highest BCUT2D eigenvalue weighted by atomic mass is 32.2. The summed E-state index contributed by atoms with van der Waals surface area (Å²) in [5.74, 6) is 1.59. The summed E-state index contributed by atoms with van der Waals surface area (Å²) in [5, 5.41) is 1.09. The van der Waals surface area contributed by atoms with Crippen molar-refractivity contribution >= 4 is 28.4 Å². The summed E-state index contributed by atoms with van der Waals surface area (Å²) in [6.45, 7) is 3.83. The summed E-state index contributed by atoms with van der Waals surface area (Å²) in [4.78, 5) is 34.1. The van der Waals surface area contributed by atoms with Gasteiger partial charge in [0.1, 0.15) is 11.6 Å². The Morgan fingerprint density at radius 1 is 1.10 bits per heavy atom. The van der Waals surface area contributed by atoms with Gasteiger partial charge in [-0.2, -0.15) is 0 Å². The van der Waals surface area contributed by atoms with Gasteiger partial charge in [0.25, 0.3) is 5.56 Å². The van der Waals surface area contributed by atoms with Crippen molar-refractivity contribution in [2.75, 3.05) is 12.4 Å². The van der Waals surface area contributed by atoms with E-state index in [9.17, 15) is 9.59 Å². The van der Waals surface area contributed by atoms with Crippen molar-refractivity contribution in [2.24, 2.45) is 0 Å². The maximum atomic E-state index is 13.2. The molecule has 2 heterocycles. The van der Waals surface area contributed by atoms with E-state index in [0.717, 1.165) is 5.56 Å². The number of ether oxygens (including phenoxy) is 1. The third-order valence-electron chi connectivity index (χ3n) is 4.71. The second kappa shape index (κ2) is 9.14. The molecule has 6 nitrogen and oxygen atoms in total. The summed E-state index contributed by atoms with van der Waals surface area (Å²) in [6, 6.07) is 18.2. The highest BCUT2D eigenvalue weighted by molar-refractivity contribution is 7.99. The Kier molecular flexibility index (Phi) is 6.13. The number of para-hydroxylation sites is 2. The lowest BCUT2D eigenvalue weighted by Gasteiger charge is -2.13. The maximum absolute atomic E-state index is 13.2. The quantitative estimate of drug-likeness (QED) is 0.186. The molecule has 0 fully saturated rings. The van der Waals surface area contributed by atoms with E-state index in [1.165, 1.54) is 18.7 Å². The first-order chi connectivity index (χ1) is 15.0. The van der Waals surface area contributed by atoms with Crippen molar-refractivity contribution in [3.63, 3.8) is 0 Å². The van der Waals surface area contributed by atoms with Gasteiger partial charge in [-0.3, -0.25) is 9.59 Å². The first kappa shape index (κ1) is 20.8. The molecule has 4 rings (SSSR count). The number of nitrogens with zero attached hydrogens (tertiary/aromatic N) is 3. The topological polar surface area (TPSA) is 74.1 Å². The number of rotatable bonds is 7. The van der Waals surface area contributed by atoms with E-state index in [1.54, 1.807) is 29.0 Å². The predicted molar refractivity (Wildman–Crippen MR) is 123 cm³/mol. The molecule has 0 aliphatic rings. The lowest BCUT2D eigenvalue weighted by atomic mass is 10.1. The van der Waals surface area contributed by atoms with Gasteiger partial charge in [0.15, 0.2) is 10.9 Å². The second-order valence-corrected chi connectivity index (χ2v) is 8.05. The van der Waals surface area contributed by atoms with Crippen molar-refractivity contribution in [3.05, 3.63) is 88.3 Å². The Labute approximate surface area is 183 Å². The van der Waals surface area contributed by atoms with E-state index >= 15 is 0 Å². The van der Waals surface area contributed by atoms with Crippen molar-refractivity contribution in [1.29, 1.82) is 0 Å². The summed E-state index contributed by atoms with van der Waals surface area (Å²) in [6.07, 6.45) is 1.68. The molecule has 31 heavy (non-hydrogen) atoms. The summed E-state index contributed by atoms with van der Waals surface area (Å²) >= 11 is 1.41. The number of aromatic nitrogens is 3. The molecule has 0 bridgehead atoms. The lowest BCUT2D eigenvalue weighted by Crippen LogP contribution is -2.23. The minimum Gasteiger partial charge on any atom is -0.492 e. The molecule has 0 radical (unpaired) electrons. The number of fused-ring (bicyclic) bond motifs is 1. The Hall–Kier alpha value is -3.45. The van der Waals surface area contributed by atoms with Crippen LogP contribution in [0, 0.1) is 6.92 Å². The maximum Gasteiger partial charge on any atom is 0.267 e. The molecule has 0 saturated carbocycles. The van der Waals surface area contributed by atoms with Gasteiger partial charge in [-0.25, -0.2) is 14.5 Å². The van der Waals surface area contributed by atoms with E-state index in [1.807, 2.05) is 49.4 Å². The number of carbonyl (C=O) groups excluding carboxylic acids is 1. The molecule has 0 atom stereocenters. The number of carbonyl (C=O) groups is 1. The molecule has 2 aromatic heterocycles. The first-order valence-corrected chi connectivity index (χ1v) is 10.8. The van der Waals surface area contributed by atoms with Crippen LogP contribution >= 0.6 is 11.8 Å². The van der Waals surface area contributed by atoms with Crippen LogP contribution in [0.15, 0.2) is 76.8 Å². The third-order valence-corrected chi connectivity index (χ3v) is 5.62. The van der Waals surface area contributed by atoms with Crippen molar-refractivity contribution < 1.29 is 9.53 Å². The number of benzene rings is 2. The zero-order valence-corrected chi connectivity index (χ0v) is 18.1. The van der Waals surface area contributed by atoms with E-state index in [0.29, 0.717) is 45.5 Å². The number of hydrogen-bond acceptors (Lipinski definition) is 6. The lowest BCUT2D eigenvalue weighted by molar-refractivity contribution is 0.101. The zero-order chi connectivity index (χ0) is 21.8. The number of ketones is 1. The average molecular weight is 432 g/mol. The molecular formula is C24H21N3O3S. The van der Waals surface area contributed by atoms with Crippen LogP contribution < -0.4 is 10.3 Å². The summed E-state index contributed by atoms with van der Waals surface area (Å²) in [7, 11) is 0. The van der Waals surface area contributed by atoms with Gasteiger partial charge < -0.3 is 4.74 Å². The molecule has 7 heteroatoms. The molecule has 2 aromatic carbocycles. The van der Waals surface area contributed by atoms with Gasteiger partial charge >= 0.3 is 0 Å². The largest absolute Gasteiger partial charge is 0.492 e. The van der Waals surface area contributed by atoms with Crippen molar-refractivity contribution in [2.45, 2.75) is 19.0 Å². The Balaban J connectivity index is 1.62. The molecule has 0 aliphatic carbocycles. The van der Waals surface area contributed by atoms with Crippen LogP contribution in [0.1, 0.15) is 22.8 Å². The molecule has 0 saturated heterocycles. The van der Waals surface area contributed by atoms with E-state index in [2.05, 4.69) is 4.98 Å².